The molecule has 1 aromatic heterocycles. The summed E-state index contributed by atoms with van der Waals surface area (Å²) in [4.78, 5) is 14.1. The van der Waals surface area contributed by atoms with Gasteiger partial charge in [-0.2, -0.15) is 0 Å². The molecule has 0 bridgehead atoms. The second kappa shape index (κ2) is 5.96. The predicted octanol–water partition coefficient (Wildman–Crippen LogP) is 3.26. The van der Waals surface area contributed by atoms with E-state index in [9.17, 15) is 4.79 Å². The van der Waals surface area contributed by atoms with Crippen molar-refractivity contribution in [3.05, 3.63) is 47.9 Å². The summed E-state index contributed by atoms with van der Waals surface area (Å²) in [6.07, 6.45) is 1.61. The summed E-state index contributed by atoms with van der Waals surface area (Å²) < 4.78 is 21.4. The Morgan fingerprint density at radius 1 is 1.12 bits per heavy atom. The second-order valence-corrected chi connectivity index (χ2v) is 5.42. The third-order valence-electron chi connectivity index (χ3n) is 4.20. The van der Waals surface area contributed by atoms with Crippen LogP contribution in [0.25, 0.3) is 0 Å². The number of ether oxygens (including phenoxy) is 3. The molecule has 2 aromatic rings. The highest BCUT2D eigenvalue weighted by Gasteiger charge is 2.44. The molecule has 1 amide bonds. The highest BCUT2D eigenvalue weighted by molar-refractivity contribution is 6.15. The van der Waals surface area contributed by atoms with Crippen molar-refractivity contribution in [3.63, 3.8) is 0 Å². The lowest BCUT2D eigenvalue weighted by atomic mass is 9.88. The van der Waals surface area contributed by atoms with Crippen LogP contribution in [0.2, 0.25) is 0 Å². The smallest absolute Gasteiger partial charge is 0.256 e. The van der Waals surface area contributed by atoms with Gasteiger partial charge in [-0.15, -0.1) is 0 Å². The zero-order valence-electron chi connectivity index (χ0n) is 14.1. The number of methoxy groups -OCH3 is 3. The number of nitrogens with zero attached hydrogens (tertiary/aromatic N) is 1. The zero-order valence-corrected chi connectivity index (χ0v) is 14.1. The first-order valence-electron chi connectivity index (χ1n) is 7.39. The van der Waals surface area contributed by atoms with E-state index in [0.717, 1.165) is 11.3 Å². The number of hydrogen-bond acceptors (Lipinski definition) is 5. The Kier molecular flexibility index (Phi) is 3.97. The van der Waals surface area contributed by atoms with Crippen LogP contribution in [0.3, 0.4) is 0 Å². The number of β-lactam (4-membered cyclic amide) rings is 1. The topological polar surface area (TPSA) is 61.1 Å². The summed E-state index contributed by atoms with van der Waals surface area (Å²) in [5.74, 6) is 2.06. The molecule has 24 heavy (non-hydrogen) atoms. The molecule has 6 heteroatoms. The van der Waals surface area contributed by atoms with Crippen molar-refractivity contribution >= 4 is 11.6 Å². The molecule has 3 rings (SSSR count). The van der Waals surface area contributed by atoms with Gasteiger partial charge in [-0.05, 0) is 13.0 Å². The predicted molar refractivity (Wildman–Crippen MR) is 88.9 cm³/mol. The summed E-state index contributed by atoms with van der Waals surface area (Å²) in [5.41, 5.74) is 2.08. The van der Waals surface area contributed by atoms with Crippen molar-refractivity contribution in [2.24, 2.45) is 0 Å². The Bertz CT molecular complexity index is 782. The van der Waals surface area contributed by atoms with Gasteiger partial charge in [0.1, 0.15) is 5.76 Å². The highest BCUT2D eigenvalue weighted by atomic mass is 16.5. The maximum atomic E-state index is 12.4. The summed E-state index contributed by atoms with van der Waals surface area (Å²) in [5, 5.41) is 0. The quantitative estimate of drug-likeness (QED) is 0.622. The molecule has 1 saturated heterocycles. The molecule has 1 aromatic carbocycles. The SMILES string of the molecule is C=C1C(=O)N(c2cc(OC)c(OC)c(OC)c2)[C@H]1c1ccoc1C. The Labute approximate surface area is 140 Å². The molecule has 6 nitrogen and oxygen atoms in total. The van der Waals surface area contributed by atoms with E-state index in [4.69, 9.17) is 18.6 Å². The van der Waals surface area contributed by atoms with Crippen molar-refractivity contribution in [1.82, 2.24) is 0 Å². The lowest BCUT2D eigenvalue weighted by molar-refractivity contribution is -0.119. The minimum atomic E-state index is -0.265. The van der Waals surface area contributed by atoms with Gasteiger partial charge in [-0.3, -0.25) is 9.69 Å². The zero-order chi connectivity index (χ0) is 17.4. The fraction of sp³-hybridized carbons (Fsp3) is 0.278. The summed E-state index contributed by atoms with van der Waals surface area (Å²) in [6, 6.07) is 5.07. The lowest BCUT2D eigenvalue weighted by Crippen LogP contribution is -2.49. The van der Waals surface area contributed by atoms with Crippen LogP contribution in [0.1, 0.15) is 17.4 Å². The third kappa shape index (κ3) is 2.22. The van der Waals surface area contributed by atoms with E-state index in [1.807, 2.05) is 13.0 Å². The maximum Gasteiger partial charge on any atom is 0.256 e. The summed E-state index contributed by atoms with van der Waals surface area (Å²) in [7, 11) is 4.61. The Balaban J connectivity index is 2.09. The van der Waals surface area contributed by atoms with Gasteiger partial charge in [0.2, 0.25) is 5.75 Å². The molecule has 1 aliphatic heterocycles. The van der Waals surface area contributed by atoms with E-state index < -0.39 is 0 Å². The molecule has 0 aliphatic carbocycles. The molecule has 0 unspecified atom stereocenters. The number of carbonyl (C=O) groups excluding carboxylic acids is 1. The fourth-order valence-electron chi connectivity index (χ4n) is 2.96. The van der Waals surface area contributed by atoms with Crippen molar-refractivity contribution in [1.29, 1.82) is 0 Å². The highest BCUT2D eigenvalue weighted by Crippen LogP contribution is 2.48. The molecule has 1 aliphatic rings. The molecule has 0 N–H and O–H groups in total. The van der Waals surface area contributed by atoms with Gasteiger partial charge in [0.25, 0.3) is 5.91 Å². The number of carbonyl (C=O) groups is 1. The number of hydrogen-bond donors (Lipinski definition) is 0. The molecule has 0 radical (unpaired) electrons. The van der Waals surface area contributed by atoms with Crippen LogP contribution < -0.4 is 19.1 Å². The molecule has 1 atom stereocenters. The Morgan fingerprint density at radius 3 is 2.21 bits per heavy atom. The van der Waals surface area contributed by atoms with Crippen LogP contribution in [0.15, 0.2) is 41.0 Å². The van der Waals surface area contributed by atoms with E-state index in [1.54, 1.807) is 23.3 Å². The van der Waals surface area contributed by atoms with Gasteiger partial charge >= 0.3 is 0 Å². The van der Waals surface area contributed by atoms with E-state index in [0.29, 0.717) is 28.5 Å². The van der Waals surface area contributed by atoms with E-state index in [2.05, 4.69) is 6.58 Å². The van der Waals surface area contributed by atoms with Crippen molar-refractivity contribution in [3.8, 4) is 17.2 Å². The minimum Gasteiger partial charge on any atom is -0.493 e. The van der Waals surface area contributed by atoms with Crippen molar-refractivity contribution in [2.45, 2.75) is 13.0 Å². The van der Waals surface area contributed by atoms with Crippen LogP contribution in [-0.4, -0.2) is 27.2 Å². The van der Waals surface area contributed by atoms with Gasteiger partial charge in [-0.25, -0.2) is 0 Å². The standard InChI is InChI=1S/C18H19NO5/c1-10-16(13-6-7-24-11(13)2)19(18(10)20)12-8-14(21-3)17(23-5)15(9-12)22-4/h6-9,16H,1H2,2-5H3/t16-/m1/s1. The number of anilines is 1. The molecule has 126 valence electrons. The molecule has 0 spiro atoms. The number of amides is 1. The molecule has 2 heterocycles. The van der Waals surface area contributed by atoms with Gasteiger partial charge in [0, 0.05) is 23.3 Å². The van der Waals surface area contributed by atoms with Crippen LogP contribution in [0.4, 0.5) is 5.69 Å². The van der Waals surface area contributed by atoms with Crippen molar-refractivity contribution < 1.29 is 23.4 Å². The van der Waals surface area contributed by atoms with Gasteiger partial charge in [-0.1, -0.05) is 6.58 Å². The first-order chi connectivity index (χ1) is 11.5. The average molecular weight is 329 g/mol. The van der Waals surface area contributed by atoms with Gasteiger partial charge in [0.05, 0.1) is 39.3 Å². The monoisotopic (exact) mass is 329 g/mol. The molecular weight excluding hydrogens is 310 g/mol. The number of rotatable bonds is 5. The first-order valence-corrected chi connectivity index (χ1v) is 7.39. The van der Waals surface area contributed by atoms with Crippen LogP contribution in [0.5, 0.6) is 17.2 Å². The first kappa shape index (κ1) is 16.0. The number of benzene rings is 1. The molecule has 1 fully saturated rings. The lowest BCUT2D eigenvalue weighted by Gasteiger charge is -2.42. The fourth-order valence-corrected chi connectivity index (χ4v) is 2.96. The maximum absolute atomic E-state index is 12.4. The number of aryl methyl sites for hydroxylation is 1. The molecule has 0 saturated carbocycles. The average Bonchev–Trinajstić information content (AvgIpc) is 3.02. The van der Waals surface area contributed by atoms with Crippen LogP contribution in [-0.2, 0) is 4.79 Å². The van der Waals surface area contributed by atoms with E-state index in [-0.39, 0.29) is 11.9 Å². The molecular formula is C18H19NO5. The van der Waals surface area contributed by atoms with E-state index in [1.165, 1.54) is 21.3 Å². The Morgan fingerprint density at radius 2 is 1.75 bits per heavy atom. The minimum absolute atomic E-state index is 0.144. The number of furan rings is 1. The Hall–Kier alpha value is -2.89. The van der Waals surface area contributed by atoms with Crippen molar-refractivity contribution in [2.75, 3.05) is 26.2 Å². The summed E-state index contributed by atoms with van der Waals surface area (Å²) >= 11 is 0. The van der Waals surface area contributed by atoms with Crippen LogP contribution in [0, 0.1) is 6.92 Å². The summed E-state index contributed by atoms with van der Waals surface area (Å²) in [6.45, 7) is 5.75. The third-order valence-corrected chi connectivity index (χ3v) is 4.20. The van der Waals surface area contributed by atoms with Crippen LogP contribution >= 0.6 is 0 Å². The largest absolute Gasteiger partial charge is 0.493 e. The normalized spacial score (nSPS) is 16.8. The second-order valence-electron chi connectivity index (χ2n) is 5.42. The van der Waals surface area contributed by atoms with Gasteiger partial charge in [0.15, 0.2) is 11.5 Å². The van der Waals surface area contributed by atoms with E-state index >= 15 is 0 Å². The van der Waals surface area contributed by atoms with Gasteiger partial charge < -0.3 is 18.6 Å².